The second kappa shape index (κ2) is 12.4. The van der Waals surface area contributed by atoms with Gasteiger partial charge in [0.25, 0.3) is 11.8 Å². The summed E-state index contributed by atoms with van der Waals surface area (Å²) < 4.78 is 6.46. The van der Waals surface area contributed by atoms with Crippen LogP contribution in [0.2, 0.25) is 0 Å². The number of hydrogen-bond donors (Lipinski definition) is 3. The topological polar surface area (TPSA) is 124 Å². The fourth-order valence-corrected chi connectivity index (χ4v) is 4.35. The third-order valence-electron chi connectivity index (χ3n) is 6.71. The zero-order chi connectivity index (χ0) is 27.9. The Kier molecular flexibility index (Phi) is 8.77. The number of hydrogen-bond acceptors (Lipinski definition) is 6. The molecule has 1 aromatic heterocycles. The Morgan fingerprint density at radius 2 is 1.82 bits per heavy atom. The van der Waals surface area contributed by atoms with E-state index in [-0.39, 0.29) is 48.2 Å². The lowest BCUT2D eigenvalue weighted by molar-refractivity contribution is 0.0372. The van der Waals surface area contributed by atoms with Gasteiger partial charge >= 0.3 is 6.03 Å². The highest BCUT2D eigenvalue weighted by Gasteiger charge is 2.35. The highest BCUT2D eigenvalue weighted by Crippen LogP contribution is 2.35. The first-order valence-electron chi connectivity index (χ1n) is 12.8. The first-order valence-corrected chi connectivity index (χ1v) is 12.8. The molecule has 204 valence electrons. The van der Waals surface area contributed by atoms with Gasteiger partial charge < -0.3 is 30.3 Å². The molecule has 0 saturated carbocycles. The number of anilines is 2. The molecule has 10 nitrogen and oxygen atoms in total. The van der Waals surface area contributed by atoms with Crippen molar-refractivity contribution in [2.45, 2.75) is 26.0 Å². The minimum absolute atomic E-state index is 0.210. The molecule has 0 radical (unpaired) electrons. The SMILES string of the molecule is C[C@H](CO)N1C[C@H](C)[C@H](CN(C)C(=O)Nc2ccccc2)Oc2c(NC(=O)c3ccncc3)cccc2C1=O. The summed E-state index contributed by atoms with van der Waals surface area (Å²) in [6.07, 6.45) is 2.51. The number of fused-ring (bicyclic) bond motifs is 1. The third kappa shape index (κ3) is 6.53. The minimum Gasteiger partial charge on any atom is -0.485 e. The van der Waals surface area contributed by atoms with E-state index in [1.807, 2.05) is 25.1 Å². The maximum atomic E-state index is 13.6. The maximum Gasteiger partial charge on any atom is 0.321 e. The summed E-state index contributed by atoms with van der Waals surface area (Å²) in [6, 6.07) is 16.5. The number of ether oxygens (including phenoxy) is 1. The van der Waals surface area contributed by atoms with Gasteiger partial charge in [-0.1, -0.05) is 31.2 Å². The number of carbonyl (C=O) groups excluding carboxylic acids is 3. The largest absolute Gasteiger partial charge is 0.485 e. The van der Waals surface area contributed by atoms with E-state index in [0.717, 1.165) is 0 Å². The molecule has 10 heteroatoms. The lowest BCUT2D eigenvalue weighted by atomic mass is 9.99. The minimum atomic E-state index is -0.532. The van der Waals surface area contributed by atoms with Crippen molar-refractivity contribution in [1.82, 2.24) is 14.8 Å². The summed E-state index contributed by atoms with van der Waals surface area (Å²) >= 11 is 0. The summed E-state index contributed by atoms with van der Waals surface area (Å²) in [6.45, 7) is 4.02. The van der Waals surface area contributed by atoms with Crippen LogP contribution in [0.15, 0.2) is 73.1 Å². The molecule has 1 aliphatic rings. The second-order valence-electron chi connectivity index (χ2n) is 9.67. The second-order valence-corrected chi connectivity index (χ2v) is 9.67. The maximum absolute atomic E-state index is 13.6. The predicted octanol–water partition coefficient (Wildman–Crippen LogP) is 3.72. The number of pyridine rings is 1. The van der Waals surface area contributed by atoms with E-state index < -0.39 is 12.1 Å². The van der Waals surface area contributed by atoms with Crippen molar-refractivity contribution in [1.29, 1.82) is 0 Å². The first-order chi connectivity index (χ1) is 18.8. The number of nitrogens with zero attached hydrogens (tertiary/aromatic N) is 3. The van der Waals surface area contributed by atoms with Crippen LogP contribution in [0.1, 0.15) is 34.6 Å². The average molecular weight is 532 g/mol. The van der Waals surface area contributed by atoms with Crippen LogP contribution in [0.3, 0.4) is 0 Å². The molecule has 2 aromatic carbocycles. The van der Waals surface area contributed by atoms with Crippen molar-refractivity contribution in [3.8, 4) is 5.75 Å². The average Bonchev–Trinajstić information content (AvgIpc) is 2.95. The molecule has 0 bridgehead atoms. The van der Waals surface area contributed by atoms with Gasteiger partial charge in [0.15, 0.2) is 5.75 Å². The van der Waals surface area contributed by atoms with Crippen LogP contribution in [-0.4, -0.2) is 76.6 Å². The van der Waals surface area contributed by atoms with Gasteiger partial charge in [0.05, 0.1) is 30.4 Å². The number of benzene rings is 2. The summed E-state index contributed by atoms with van der Waals surface area (Å²) in [5.41, 5.74) is 1.66. The number of nitrogens with one attached hydrogen (secondary N) is 2. The Bertz CT molecular complexity index is 1300. The highest BCUT2D eigenvalue weighted by molar-refractivity contribution is 6.07. The van der Waals surface area contributed by atoms with Crippen LogP contribution in [0.25, 0.3) is 0 Å². The van der Waals surface area contributed by atoms with Gasteiger partial charge in [0, 0.05) is 43.2 Å². The Morgan fingerprint density at radius 3 is 2.51 bits per heavy atom. The molecule has 1 aliphatic heterocycles. The standard InChI is InChI=1S/C29H33N5O5/c1-19-16-34(20(2)18-35)28(37)23-10-7-11-24(32-27(36)21-12-14-30-15-13-21)26(23)39-25(19)17-33(3)29(38)31-22-8-5-4-6-9-22/h4-15,19-20,25,35H,16-18H2,1-3H3,(H,31,38)(H,32,36)/t19-,20+,25-/m0/s1. The summed E-state index contributed by atoms with van der Waals surface area (Å²) in [5, 5.41) is 15.6. The normalized spacial score (nSPS) is 17.6. The Labute approximate surface area is 227 Å². The van der Waals surface area contributed by atoms with Gasteiger partial charge in [0.2, 0.25) is 0 Å². The van der Waals surface area contributed by atoms with Gasteiger partial charge in [-0.05, 0) is 43.3 Å². The smallest absolute Gasteiger partial charge is 0.321 e. The zero-order valence-corrected chi connectivity index (χ0v) is 22.2. The molecular formula is C29H33N5O5. The zero-order valence-electron chi connectivity index (χ0n) is 22.2. The fourth-order valence-electron chi connectivity index (χ4n) is 4.35. The summed E-state index contributed by atoms with van der Waals surface area (Å²) in [4.78, 5) is 46.6. The number of aliphatic hydroxyl groups is 1. The number of aromatic nitrogens is 1. The molecule has 0 aliphatic carbocycles. The molecule has 4 rings (SSSR count). The van der Waals surface area contributed by atoms with E-state index in [2.05, 4.69) is 15.6 Å². The van der Waals surface area contributed by atoms with E-state index in [1.54, 1.807) is 61.3 Å². The van der Waals surface area contributed by atoms with Gasteiger partial charge in [-0.25, -0.2) is 4.79 Å². The van der Waals surface area contributed by atoms with Crippen LogP contribution in [-0.2, 0) is 0 Å². The van der Waals surface area contributed by atoms with Crippen molar-refractivity contribution in [2.75, 3.05) is 37.4 Å². The van der Waals surface area contributed by atoms with Gasteiger partial charge in [-0.2, -0.15) is 0 Å². The van der Waals surface area contributed by atoms with Crippen LogP contribution in [0.5, 0.6) is 5.75 Å². The number of likely N-dealkylation sites (N-methyl/N-ethyl adjacent to an activating group) is 1. The summed E-state index contributed by atoms with van der Waals surface area (Å²) in [7, 11) is 1.67. The van der Waals surface area contributed by atoms with Crippen molar-refractivity contribution in [3.05, 3.63) is 84.2 Å². The molecule has 2 heterocycles. The van der Waals surface area contributed by atoms with E-state index in [1.165, 1.54) is 17.3 Å². The lowest BCUT2D eigenvalue weighted by Gasteiger charge is -2.38. The number of carbonyl (C=O) groups is 3. The molecule has 0 saturated heterocycles. The first kappa shape index (κ1) is 27.6. The van der Waals surface area contributed by atoms with E-state index in [4.69, 9.17) is 4.74 Å². The van der Waals surface area contributed by atoms with Gasteiger partial charge in [0.1, 0.15) is 6.10 Å². The van der Waals surface area contributed by atoms with E-state index >= 15 is 0 Å². The number of para-hydroxylation sites is 2. The third-order valence-corrected chi connectivity index (χ3v) is 6.71. The molecule has 39 heavy (non-hydrogen) atoms. The van der Waals surface area contributed by atoms with Crippen molar-refractivity contribution < 1.29 is 24.2 Å². The van der Waals surface area contributed by atoms with E-state index in [9.17, 15) is 19.5 Å². The molecule has 3 atom stereocenters. The van der Waals surface area contributed by atoms with E-state index in [0.29, 0.717) is 23.5 Å². The molecular weight excluding hydrogens is 498 g/mol. The molecule has 4 amide bonds. The fraction of sp³-hybridized carbons (Fsp3) is 0.310. The molecule has 3 N–H and O–H groups in total. The van der Waals surface area contributed by atoms with Crippen LogP contribution in [0.4, 0.5) is 16.2 Å². The lowest BCUT2D eigenvalue weighted by Crippen LogP contribution is -2.50. The number of aliphatic hydroxyl groups excluding tert-OH is 1. The van der Waals surface area contributed by atoms with Crippen molar-refractivity contribution in [3.63, 3.8) is 0 Å². The van der Waals surface area contributed by atoms with Crippen molar-refractivity contribution >= 4 is 29.2 Å². The summed E-state index contributed by atoms with van der Waals surface area (Å²) in [5.74, 6) is -0.694. The Morgan fingerprint density at radius 1 is 1.10 bits per heavy atom. The van der Waals surface area contributed by atoms with Crippen LogP contribution >= 0.6 is 0 Å². The van der Waals surface area contributed by atoms with Crippen molar-refractivity contribution in [2.24, 2.45) is 5.92 Å². The quantitative estimate of drug-likeness (QED) is 0.427. The number of rotatable bonds is 7. The van der Waals surface area contributed by atoms with Crippen LogP contribution in [0, 0.1) is 5.92 Å². The van der Waals surface area contributed by atoms with Gasteiger partial charge in [-0.3, -0.25) is 14.6 Å². The predicted molar refractivity (Wildman–Crippen MR) is 148 cm³/mol. The number of urea groups is 1. The Balaban J connectivity index is 1.65. The van der Waals surface area contributed by atoms with Crippen LogP contribution < -0.4 is 15.4 Å². The highest BCUT2D eigenvalue weighted by atomic mass is 16.5. The molecule has 0 unspecified atom stereocenters. The Hall–Kier alpha value is -4.44. The monoisotopic (exact) mass is 531 g/mol. The number of amides is 4. The molecule has 0 fully saturated rings. The molecule has 3 aromatic rings. The molecule has 0 spiro atoms. The van der Waals surface area contributed by atoms with Gasteiger partial charge in [-0.15, -0.1) is 0 Å².